The summed E-state index contributed by atoms with van der Waals surface area (Å²) in [5.74, 6) is -1.56. The molecular weight excluding hydrogens is 246 g/mol. The van der Waals surface area contributed by atoms with Gasteiger partial charge in [-0.1, -0.05) is 0 Å². The maximum Gasteiger partial charge on any atom is 0.135 e. The number of aryl methyl sites for hydroxylation is 2. The van der Waals surface area contributed by atoms with Crippen LogP contribution < -0.4 is 0 Å². The summed E-state index contributed by atoms with van der Waals surface area (Å²) < 4.78 is 73.4. The summed E-state index contributed by atoms with van der Waals surface area (Å²) in [5.41, 5.74) is -0.217. The summed E-state index contributed by atoms with van der Waals surface area (Å²) in [6, 6.07) is 5.61. The Kier molecular flexibility index (Phi) is 1.49. The number of halogens is 2. The summed E-state index contributed by atoms with van der Waals surface area (Å²) in [4.78, 5) is 0. The Morgan fingerprint density at radius 1 is 1.11 bits per heavy atom. The summed E-state index contributed by atoms with van der Waals surface area (Å²) in [7, 11) is 0. The molecule has 0 aliphatic rings. The molecule has 0 atom stereocenters. The van der Waals surface area contributed by atoms with E-state index in [1.54, 1.807) is 0 Å². The number of fused-ring (bicyclic) bond motifs is 1. The first-order valence-electron chi connectivity index (χ1n) is 8.46. The highest BCUT2D eigenvalue weighted by molar-refractivity contribution is 5.67. The standard InChI is InChI=1S/C15H12F2N2/c1-9-5-12-7-15(18-19(12)8-10(9)2)13-4-3-11(16)6-14(13)17/h3-8H,1-2H3/i1D3,2D3. The Morgan fingerprint density at radius 2 is 1.95 bits per heavy atom. The van der Waals surface area contributed by atoms with Crippen molar-refractivity contribution in [2.45, 2.75) is 13.7 Å². The van der Waals surface area contributed by atoms with Crippen molar-refractivity contribution in [3.05, 3.63) is 59.3 Å². The van der Waals surface area contributed by atoms with E-state index in [9.17, 15) is 8.78 Å². The second-order valence-electron chi connectivity index (χ2n) is 4.12. The maximum atomic E-state index is 13.9. The van der Waals surface area contributed by atoms with Gasteiger partial charge in [0.2, 0.25) is 0 Å². The van der Waals surface area contributed by atoms with Crippen LogP contribution in [0.1, 0.15) is 19.4 Å². The van der Waals surface area contributed by atoms with E-state index in [-0.39, 0.29) is 27.9 Å². The van der Waals surface area contributed by atoms with E-state index in [4.69, 9.17) is 8.22 Å². The van der Waals surface area contributed by atoms with Gasteiger partial charge in [-0.05, 0) is 49.1 Å². The number of aromatic nitrogens is 2. The summed E-state index contributed by atoms with van der Waals surface area (Å²) in [6.45, 7) is -5.28. The summed E-state index contributed by atoms with van der Waals surface area (Å²) in [5, 5.41) is 4.09. The van der Waals surface area contributed by atoms with E-state index in [2.05, 4.69) is 5.10 Å². The van der Waals surface area contributed by atoms with Crippen molar-refractivity contribution < 1.29 is 17.0 Å². The number of pyridine rings is 1. The Balaban J connectivity index is 2.24. The molecule has 2 nitrogen and oxygen atoms in total. The topological polar surface area (TPSA) is 17.3 Å². The SMILES string of the molecule is [2H]C([2H])([2H])c1cc2cc(-c3ccc(F)cc3F)nn2cc1C([2H])([2H])[2H]. The van der Waals surface area contributed by atoms with E-state index >= 15 is 0 Å². The Hall–Kier alpha value is -2.23. The molecular formula is C15H12F2N2. The molecule has 0 radical (unpaired) electrons. The van der Waals surface area contributed by atoms with Gasteiger partial charge in [-0.3, -0.25) is 0 Å². The minimum absolute atomic E-state index is 0.0240. The monoisotopic (exact) mass is 264 g/mol. The lowest BCUT2D eigenvalue weighted by Gasteiger charge is -2.00. The molecule has 0 aliphatic heterocycles. The minimum Gasteiger partial charge on any atom is -0.240 e. The average Bonchev–Trinajstić information content (AvgIpc) is 2.86. The molecule has 2 heterocycles. The molecule has 0 spiro atoms. The Morgan fingerprint density at radius 3 is 2.68 bits per heavy atom. The van der Waals surface area contributed by atoms with Gasteiger partial charge in [0.25, 0.3) is 0 Å². The lowest BCUT2D eigenvalue weighted by atomic mass is 10.1. The lowest BCUT2D eigenvalue weighted by Crippen LogP contribution is -1.91. The van der Waals surface area contributed by atoms with Gasteiger partial charge in [-0.15, -0.1) is 0 Å². The fourth-order valence-corrected chi connectivity index (χ4v) is 1.87. The van der Waals surface area contributed by atoms with E-state index in [0.717, 1.165) is 12.3 Å². The quantitative estimate of drug-likeness (QED) is 0.651. The molecule has 0 saturated carbocycles. The van der Waals surface area contributed by atoms with E-state index in [1.165, 1.54) is 22.7 Å². The smallest absolute Gasteiger partial charge is 0.135 e. The zero-order valence-corrected chi connectivity index (χ0v) is 9.61. The van der Waals surface area contributed by atoms with Gasteiger partial charge >= 0.3 is 0 Å². The molecule has 3 rings (SSSR count). The van der Waals surface area contributed by atoms with Gasteiger partial charge in [-0.2, -0.15) is 5.10 Å². The number of hydrogen-bond acceptors (Lipinski definition) is 1. The fraction of sp³-hybridized carbons (Fsp3) is 0.133. The molecule has 3 aromatic rings. The van der Waals surface area contributed by atoms with Crippen molar-refractivity contribution >= 4 is 5.52 Å². The highest BCUT2D eigenvalue weighted by atomic mass is 19.1. The second kappa shape index (κ2) is 4.16. The number of nitrogens with zero attached hydrogens (tertiary/aromatic N) is 2. The van der Waals surface area contributed by atoms with Gasteiger partial charge in [0.05, 0.1) is 11.2 Å². The van der Waals surface area contributed by atoms with Crippen molar-refractivity contribution in [1.82, 2.24) is 9.61 Å². The van der Waals surface area contributed by atoms with Gasteiger partial charge < -0.3 is 0 Å². The average molecular weight is 264 g/mol. The highest BCUT2D eigenvalue weighted by Crippen LogP contribution is 2.24. The van der Waals surface area contributed by atoms with Crippen LogP contribution in [0.2, 0.25) is 0 Å². The van der Waals surface area contributed by atoms with Crippen LogP contribution in [0.25, 0.3) is 16.8 Å². The van der Waals surface area contributed by atoms with E-state index in [0.29, 0.717) is 6.07 Å². The summed E-state index contributed by atoms with van der Waals surface area (Å²) >= 11 is 0. The maximum absolute atomic E-state index is 13.9. The Bertz CT molecular complexity index is 908. The third kappa shape index (κ3) is 1.99. The van der Waals surface area contributed by atoms with Crippen LogP contribution >= 0.6 is 0 Å². The van der Waals surface area contributed by atoms with E-state index < -0.39 is 25.3 Å². The first-order valence-corrected chi connectivity index (χ1v) is 5.46. The molecule has 4 heteroatoms. The summed E-state index contributed by atoms with van der Waals surface area (Å²) in [6.07, 6.45) is 1.11. The van der Waals surface area contributed by atoms with Crippen LogP contribution in [0.3, 0.4) is 0 Å². The van der Waals surface area contributed by atoms with E-state index in [1.807, 2.05) is 0 Å². The highest BCUT2D eigenvalue weighted by Gasteiger charge is 2.11. The first kappa shape index (κ1) is 6.80. The number of rotatable bonds is 1. The molecule has 0 saturated heterocycles. The third-order valence-corrected chi connectivity index (χ3v) is 2.81. The van der Waals surface area contributed by atoms with Crippen molar-refractivity contribution in [3.63, 3.8) is 0 Å². The molecule has 1 aromatic carbocycles. The lowest BCUT2D eigenvalue weighted by molar-refractivity contribution is 0.585. The fourth-order valence-electron chi connectivity index (χ4n) is 1.87. The second-order valence-corrected chi connectivity index (χ2v) is 4.12. The zero-order valence-electron chi connectivity index (χ0n) is 15.6. The number of hydrogen-bond donors (Lipinski definition) is 0. The molecule has 2 aromatic heterocycles. The van der Waals surface area contributed by atoms with Gasteiger partial charge in [0.15, 0.2) is 0 Å². The van der Waals surface area contributed by atoms with Gasteiger partial charge in [0.1, 0.15) is 11.6 Å². The minimum atomic E-state index is -2.65. The molecule has 0 fully saturated rings. The molecule has 0 N–H and O–H groups in total. The van der Waals surface area contributed by atoms with Crippen LogP contribution in [0, 0.1) is 25.3 Å². The van der Waals surface area contributed by atoms with Crippen molar-refractivity contribution in [2.75, 3.05) is 0 Å². The van der Waals surface area contributed by atoms with Gasteiger partial charge in [0, 0.05) is 26.1 Å². The predicted octanol–water partition coefficient (Wildman–Crippen LogP) is 3.90. The zero-order chi connectivity index (χ0) is 18.6. The molecule has 96 valence electrons. The largest absolute Gasteiger partial charge is 0.240 e. The third-order valence-electron chi connectivity index (χ3n) is 2.81. The predicted molar refractivity (Wildman–Crippen MR) is 70.0 cm³/mol. The normalized spacial score (nSPS) is 17.2. The Labute approximate surface area is 117 Å². The van der Waals surface area contributed by atoms with Crippen LogP contribution in [0.4, 0.5) is 8.78 Å². The van der Waals surface area contributed by atoms with Crippen LogP contribution in [-0.2, 0) is 0 Å². The molecule has 0 unspecified atom stereocenters. The molecule has 0 amide bonds. The molecule has 0 aliphatic carbocycles. The molecule has 0 bridgehead atoms. The van der Waals surface area contributed by atoms with Crippen LogP contribution in [-0.4, -0.2) is 9.61 Å². The van der Waals surface area contributed by atoms with Crippen molar-refractivity contribution in [1.29, 1.82) is 0 Å². The number of benzene rings is 1. The van der Waals surface area contributed by atoms with Crippen LogP contribution in [0.15, 0.2) is 36.5 Å². The van der Waals surface area contributed by atoms with Crippen LogP contribution in [0.5, 0.6) is 0 Å². The van der Waals surface area contributed by atoms with Gasteiger partial charge in [-0.25, -0.2) is 13.3 Å². The van der Waals surface area contributed by atoms with Crippen molar-refractivity contribution in [3.8, 4) is 11.3 Å². The molecule has 19 heavy (non-hydrogen) atoms. The first-order chi connectivity index (χ1) is 11.5. The van der Waals surface area contributed by atoms with Crippen molar-refractivity contribution in [2.24, 2.45) is 0 Å².